The van der Waals surface area contributed by atoms with Gasteiger partial charge in [-0.25, -0.2) is 0 Å². The van der Waals surface area contributed by atoms with Crippen LogP contribution in [-0.2, 0) is 4.79 Å². The van der Waals surface area contributed by atoms with Gasteiger partial charge in [0.15, 0.2) is 0 Å². The molecule has 0 saturated carbocycles. The molecule has 0 spiro atoms. The van der Waals surface area contributed by atoms with Crippen LogP contribution in [-0.4, -0.2) is 27.2 Å². The first-order chi connectivity index (χ1) is 2.91. The summed E-state index contributed by atoms with van der Waals surface area (Å²) in [5.74, 6) is 2.14. The summed E-state index contributed by atoms with van der Waals surface area (Å²) in [7, 11) is 0. The van der Waals surface area contributed by atoms with Crippen LogP contribution in [0.15, 0.2) is 0 Å². The first kappa shape index (κ1) is 6.01. The van der Waals surface area contributed by atoms with Crippen molar-refractivity contribution in [3.8, 4) is 0 Å². The molecule has 0 aliphatic carbocycles. The van der Waals surface area contributed by atoms with E-state index in [2.05, 4.69) is 11.1 Å². The molecule has 0 rings (SSSR count). The third-order valence-corrected chi connectivity index (χ3v) is 1.53. The molecular formula is C3H7GeNO. The Morgan fingerprint density at radius 2 is 2.67 bits per heavy atom. The van der Waals surface area contributed by atoms with Gasteiger partial charge in [0.1, 0.15) is 0 Å². The molecule has 0 heterocycles. The van der Waals surface area contributed by atoms with Crippen LogP contribution in [0.1, 0.15) is 0 Å². The summed E-state index contributed by atoms with van der Waals surface area (Å²) >= 11 is 0.156. The van der Waals surface area contributed by atoms with Crippen molar-refractivity contribution >= 4 is 21.8 Å². The average Bonchev–Trinajstić information content (AvgIpc) is 1.61. The Balaban J connectivity index is 2.49. The summed E-state index contributed by atoms with van der Waals surface area (Å²) in [6.45, 7) is 0. The van der Waals surface area contributed by atoms with Crippen molar-refractivity contribution in [3.05, 3.63) is 0 Å². The van der Waals surface area contributed by atoms with Crippen molar-refractivity contribution in [1.29, 1.82) is 0 Å². The van der Waals surface area contributed by atoms with Gasteiger partial charge in [0.05, 0.1) is 0 Å². The summed E-state index contributed by atoms with van der Waals surface area (Å²) in [5.41, 5.74) is 0. The third kappa shape index (κ3) is 4.01. The van der Waals surface area contributed by atoms with Crippen LogP contribution in [0.4, 0.5) is 0 Å². The molecule has 0 saturated heterocycles. The molecule has 1 N–H and O–H groups in total. The fourth-order valence-electron chi connectivity index (χ4n) is 0.144. The number of rotatable bonds is 3. The number of amides is 1. The van der Waals surface area contributed by atoms with Gasteiger partial charge in [-0.15, -0.1) is 0 Å². The fraction of sp³-hybridized carbons (Fsp3) is 0.667. The van der Waals surface area contributed by atoms with Crippen molar-refractivity contribution in [2.75, 3.05) is 5.38 Å². The molecular weight excluding hydrogens is 139 g/mol. The van der Waals surface area contributed by atoms with Crippen molar-refractivity contribution < 1.29 is 4.79 Å². The van der Waals surface area contributed by atoms with Crippen LogP contribution in [0.5, 0.6) is 0 Å². The number of carbonyl (C=O) groups is 1. The summed E-state index contributed by atoms with van der Waals surface area (Å²) in [5, 5.41) is 3.49. The number of carbonyl (C=O) groups excluding carboxylic acids is 1. The van der Waals surface area contributed by atoms with Gasteiger partial charge in [0, 0.05) is 0 Å². The predicted octanol–water partition coefficient (Wildman–Crippen LogP) is -0.558. The number of hydrogen-bond donors (Lipinski definition) is 1. The first-order valence-electron chi connectivity index (χ1n) is 1.73. The van der Waals surface area contributed by atoms with Gasteiger partial charge in [-0.05, 0) is 0 Å². The molecule has 3 heteroatoms. The predicted molar refractivity (Wildman–Crippen MR) is 25.7 cm³/mol. The van der Waals surface area contributed by atoms with Crippen LogP contribution < -0.4 is 5.32 Å². The molecule has 0 aromatic rings. The molecule has 6 heavy (non-hydrogen) atoms. The van der Waals surface area contributed by atoms with Gasteiger partial charge >= 0.3 is 43.1 Å². The molecule has 0 atom stereocenters. The third-order valence-electron chi connectivity index (χ3n) is 0.362. The Bertz CT molecular complexity index is 39.8. The van der Waals surface area contributed by atoms with E-state index in [0.717, 1.165) is 11.8 Å². The van der Waals surface area contributed by atoms with Crippen LogP contribution in [0.2, 0.25) is 5.76 Å². The minimum absolute atomic E-state index is 0.156. The van der Waals surface area contributed by atoms with E-state index in [1.807, 2.05) is 0 Å². The zero-order chi connectivity index (χ0) is 4.83. The van der Waals surface area contributed by atoms with E-state index < -0.39 is 0 Å². The van der Waals surface area contributed by atoms with Gasteiger partial charge in [0.2, 0.25) is 0 Å². The van der Waals surface area contributed by atoms with E-state index in [9.17, 15) is 4.79 Å². The molecule has 0 aromatic heterocycles. The summed E-state index contributed by atoms with van der Waals surface area (Å²) in [4.78, 5) is 9.47. The average molecular weight is 146 g/mol. The SMILES string of the molecule is [CH3][Ge][CH2]NC=O. The molecule has 0 unspecified atom stereocenters. The quantitative estimate of drug-likeness (QED) is 0.322. The zero-order valence-electron chi connectivity index (χ0n) is 3.69. The molecule has 0 aromatic carbocycles. The van der Waals surface area contributed by atoms with E-state index in [0.29, 0.717) is 0 Å². The molecule has 1 amide bonds. The molecule has 0 aliphatic heterocycles. The van der Waals surface area contributed by atoms with Crippen LogP contribution in [0.3, 0.4) is 0 Å². The number of hydrogen-bond acceptors (Lipinski definition) is 1. The Kier molecular flexibility index (Phi) is 5.02. The normalized spacial score (nSPS) is 7.50. The second-order valence-electron chi connectivity index (χ2n) is 0.852. The molecule has 34 valence electrons. The zero-order valence-corrected chi connectivity index (χ0v) is 5.79. The Hall–Kier alpha value is 0.0129. The van der Waals surface area contributed by atoms with Gasteiger partial charge in [0.25, 0.3) is 0 Å². The van der Waals surface area contributed by atoms with Crippen LogP contribution in [0, 0.1) is 0 Å². The van der Waals surface area contributed by atoms with Crippen molar-refractivity contribution in [2.24, 2.45) is 0 Å². The first-order valence-corrected chi connectivity index (χ1v) is 5.31. The Morgan fingerprint density at radius 1 is 2.00 bits per heavy atom. The van der Waals surface area contributed by atoms with Gasteiger partial charge < -0.3 is 0 Å². The van der Waals surface area contributed by atoms with E-state index in [1.54, 1.807) is 0 Å². The molecule has 2 nitrogen and oxygen atoms in total. The Labute approximate surface area is 43.8 Å². The Morgan fingerprint density at radius 3 is 2.83 bits per heavy atom. The van der Waals surface area contributed by atoms with E-state index >= 15 is 0 Å². The summed E-state index contributed by atoms with van der Waals surface area (Å²) in [6.07, 6.45) is 0.743. The minimum atomic E-state index is 0.156. The topological polar surface area (TPSA) is 29.1 Å². The summed E-state index contributed by atoms with van der Waals surface area (Å²) in [6, 6.07) is 0. The molecule has 0 aliphatic rings. The van der Waals surface area contributed by atoms with Gasteiger partial charge in [-0.1, -0.05) is 0 Å². The second-order valence-corrected chi connectivity index (χ2v) is 3.08. The van der Waals surface area contributed by atoms with Crippen molar-refractivity contribution in [1.82, 2.24) is 5.32 Å². The van der Waals surface area contributed by atoms with Gasteiger partial charge in [-0.2, -0.15) is 0 Å². The monoisotopic (exact) mass is 147 g/mol. The fourth-order valence-corrected chi connectivity index (χ4v) is 0.747. The van der Waals surface area contributed by atoms with E-state index in [-0.39, 0.29) is 15.4 Å². The summed E-state index contributed by atoms with van der Waals surface area (Å²) < 4.78 is 0. The maximum absolute atomic E-state index is 9.47. The molecule has 2 radical (unpaired) electrons. The standard InChI is InChI=1S/C3H7GeNO/c1-4-2-5-3-6/h3H,2H2,1H3,(H,5,6). The van der Waals surface area contributed by atoms with Crippen molar-refractivity contribution in [3.63, 3.8) is 0 Å². The second kappa shape index (κ2) is 5.01. The molecule has 0 bridgehead atoms. The van der Waals surface area contributed by atoms with Gasteiger partial charge in [-0.3, -0.25) is 0 Å². The van der Waals surface area contributed by atoms with Crippen LogP contribution in [0.25, 0.3) is 0 Å². The maximum atomic E-state index is 9.47. The van der Waals surface area contributed by atoms with Crippen LogP contribution >= 0.6 is 0 Å². The van der Waals surface area contributed by atoms with E-state index in [1.165, 1.54) is 0 Å². The van der Waals surface area contributed by atoms with E-state index in [4.69, 9.17) is 0 Å². The number of nitrogens with one attached hydrogen (secondary N) is 1. The van der Waals surface area contributed by atoms with Crippen molar-refractivity contribution in [2.45, 2.75) is 5.76 Å². The molecule has 0 fully saturated rings.